The van der Waals surface area contributed by atoms with Crippen LogP contribution in [-0.4, -0.2) is 33.4 Å². The van der Waals surface area contributed by atoms with E-state index < -0.39 is 0 Å². The minimum absolute atomic E-state index is 0.389. The van der Waals surface area contributed by atoms with E-state index in [1.54, 1.807) is 18.0 Å². The van der Waals surface area contributed by atoms with Crippen molar-refractivity contribution in [1.29, 1.82) is 0 Å². The number of fused-ring (bicyclic) bond motifs is 1. The molecule has 6 heteroatoms. The van der Waals surface area contributed by atoms with E-state index in [1.807, 2.05) is 13.1 Å². The van der Waals surface area contributed by atoms with Crippen molar-refractivity contribution in [3.8, 4) is 0 Å². The number of hydrogen-bond acceptors (Lipinski definition) is 5. The highest BCUT2D eigenvalue weighted by atomic mass is 16.5. The summed E-state index contributed by atoms with van der Waals surface area (Å²) < 4.78 is 6.90. The van der Waals surface area contributed by atoms with Crippen LogP contribution in [0.25, 0.3) is 11.0 Å². The number of ether oxygens (including phenoxy) is 1. The molecular weight excluding hydrogens is 290 g/mol. The highest BCUT2D eigenvalue weighted by Crippen LogP contribution is 2.20. The van der Waals surface area contributed by atoms with Crippen LogP contribution in [0.3, 0.4) is 0 Å². The van der Waals surface area contributed by atoms with Gasteiger partial charge in [0.1, 0.15) is 12.4 Å². The van der Waals surface area contributed by atoms with Crippen LogP contribution in [-0.2, 0) is 24.8 Å². The summed E-state index contributed by atoms with van der Waals surface area (Å²) in [5.74, 6) is 1.48. The maximum absolute atomic E-state index is 5.15. The second-order valence-electron chi connectivity index (χ2n) is 5.44. The summed E-state index contributed by atoms with van der Waals surface area (Å²) >= 11 is 0. The van der Waals surface area contributed by atoms with Crippen LogP contribution in [0.15, 0.2) is 36.5 Å². The molecule has 0 saturated carbocycles. The van der Waals surface area contributed by atoms with E-state index in [4.69, 9.17) is 4.74 Å². The molecule has 1 aromatic carbocycles. The van der Waals surface area contributed by atoms with Crippen LogP contribution in [0.2, 0.25) is 0 Å². The van der Waals surface area contributed by atoms with Gasteiger partial charge < -0.3 is 10.1 Å². The average molecular weight is 311 g/mol. The van der Waals surface area contributed by atoms with Crippen molar-refractivity contribution < 1.29 is 4.74 Å². The second kappa shape index (κ2) is 7.19. The Kier molecular flexibility index (Phi) is 4.83. The summed E-state index contributed by atoms with van der Waals surface area (Å²) in [6.07, 6.45) is 3.88. The van der Waals surface area contributed by atoms with Crippen molar-refractivity contribution in [3.05, 3.63) is 47.9 Å². The van der Waals surface area contributed by atoms with E-state index in [1.165, 1.54) is 5.56 Å². The summed E-state index contributed by atoms with van der Waals surface area (Å²) in [6, 6.07) is 10.5. The molecule has 0 amide bonds. The Bertz CT molecular complexity index is 769. The topological polar surface area (TPSA) is 64.9 Å². The first kappa shape index (κ1) is 15.4. The van der Waals surface area contributed by atoms with Crippen molar-refractivity contribution in [1.82, 2.24) is 19.7 Å². The smallest absolute Gasteiger partial charge is 0.163 e. The van der Waals surface area contributed by atoms with E-state index in [9.17, 15) is 0 Å². The van der Waals surface area contributed by atoms with E-state index in [2.05, 4.69) is 44.6 Å². The fraction of sp³-hybridized carbons (Fsp3) is 0.353. The Morgan fingerprint density at radius 2 is 2.00 bits per heavy atom. The number of benzene rings is 1. The molecular formula is C17H21N5O. The number of nitrogens with zero attached hydrogens (tertiary/aromatic N) is 4. The molecule has 1 N–H and O–H groups in total. The normalized spacial score (nSPS) is 11.0. The number of rotatable bonds is 7. The molecule has 3 aromatic rings. The Morgan fingerprint density at radius 1 is 1.17 bits per heavy atom. The predicted molar refractivity (Wildman–Crippen MR) is 90.3 cm³/mol. The Labute approximate surface area is 135 Å². The van der Waals surface area contributed by atoms with Crippen molar-refractivity contribution in [2.45, 2.75) is 19.4 Å². The summed E-state index contributed by atoms with van der Waals surface area (Å²) in [7, 11) is 3.52. The van der Waals surface area contributed by atoms with Gasteiger partial charge in [0.2, 0.25) is 0 Å². The fourth-order valence-corrected chi connectivity index (χ4v) is 2.54. The molecule has 0 unspecified atom stereocenters. The molecule has 0 aliphatic carbocycles. The van der Waals surface area contributed by atoms with Gasteiger partial charge in [0, 0.05) is 20.7 Å². The van der Waals surface area contributed by atoms with Gasteiger partial charge in [-0.3, -0.25) is 4.68 Å². The first-order chi connectivity index (χ1) is 11.3. The molecule has 3 rings (SSSR count). The number of nitrogens with one attached hydrogen (secondary N) is 1. The number of methoxy groups -OCH3 is 1. The Balaban J connectivity index is 1.69. The van der Waals surface area contributed by atoms with Gasteiger partial charge in [-0.25, -0.2) is 9.97 Å². The zero-order chi connectivity index (χ0) is 16.1. The summed E-state index contributed by atoms with van der Waals surface area (Å²) in [5, 5.41) is 8.61. The van der Waals surface area contributed by atoms with Gasteiger partial charge in [0.05, 0.1) is 11.6 Å². The van der Waals surface area contributed by atoms with E-state index >= 15 is 0 Å². The number of aromatic nitrogens is 4. The molecule has 0 radical (unpaired) electrons. The highest BCUT2D eigenvalue weighted by Gasteiger charge is 2.11. The summed E-state index contributed by atoms with van der Waals surface area (Å²) in [6.45, 7) is 1.24. The highest BCUT2D eigenvalue weighted by molar-refractivity contribution is 5.86. The SMILES string of the molecule is COCc1nc(NCCCc2ccccc2)c2cnn(C)c2n1. The Hall–Kier alpha value is -2.47. The van der Waals surface area contributed by atoms with Gasteiger partial charge in [-0.1, -0.05) is 30.3 Å². The molecule has 6 nitrogen and oxygen atoms in total. The molecule has 0 spiro atoms. The molecule has 0 aliphatic heterocycles. The van der Waals surface area contributed by atoms with Gasteiger partial charge in [0.15, 0.2) is 11.5 Å². The lowest BCUT2D eigenvalue weighted by atomic mass is 10.1. The van der Waals surface area contributed by atoms with Crippen LogP contribution >= 0.6 is 0 Å². The molecule has 0 saturated heterocycles. The van der Waals surface area contributed by atoms with Crippen molar-refractivity contribution in [3.63, 3.8) is 0 Å². The quantitative estimate of drug-likeness (QED) is 0.679. The molecule has 2 aromatic heterocycles. The minimum Gasteiger partial charge on any atom is -0.377 e. The molecule has 2 heterocycles. The van der Waals surface area contributed by atoms with E-state index in [-0.39, 0.29) is 0 Å². The van der Waals surface area contributed by atoms with Crippen LogP contribution in [0.5, 0.6) is 0 Å². The van der Waals surface area contributed by atoms with Gasteiger partial charge in [0.25, 0.3) is 0 Å². The number of aryl methyl sites for hydroxylation is 2. The first-order valence-corrected chi connectivity index (χ1v) is 7.73. The third kappa shape index (κ3) is 3.65. The zero-order valence-corrected chi connectivity index (χ0v) is 13.5. The standard InChI is InChI=1S/C17H21N5O/c1-22-17-14(11-19-22)16(20-15(21-17)12-23-2)18-10-6-9-13-7-4-3-5-8-13/h3-5,7-8,11H,6,9-10,12H2,1-2H3,(H,18,20,21). The third-order valence-electron chi connectivity index (χ3n) is 3.69. The molecule has 0 fully saturated rings. The molecule has 120 valence electrons. The third-order valence-corrected chi connectivity index (χ3v) is 3.69. The maximum atomic E-state index is 5.15. The monoisotopic (exact) mass is 311 g/mol. The largest absolute Gasteiger partial charge is 0.377 e. The Morgan fingerprint density at radius 3 is 2.78 bits per heavy atom. The summed E-state index contributed by atoms with van der Waals surface area (Å²) in [4.78, 5) is 9.03. The minimum atomic E-state index is 0.389. The predicted octanol–water partition coefficient (Wildman–Crippen LogP) is 2.55. The van der Waals surface area contributed by atoms with Crippen LogP contribution in [0.4, 0.5) is 5.82 Å². The zero-order valence-electron chi connectivity index (χ0n) is 13.5. The average Bonchev–Trinajstić information content (AvgIpc) is 2.94. The van der Waals surface area contributed by atoms with Gasteiger partial charge in [-0.15, -0.1) is 0 Å². The number of hydrogen-bond donors (Lipinski definition) is 1. The van der Waals surface area contributed by atoms with Crippen LogP contribution in [0, 0.1) is 0 Å². The molecule has 23 heavy (non-hydrogen) atoms. The van der Waals surface area contributed by atoms with E-state index in [0.29, 0.717) is 12.4 Å². The van der Waals surface area contributed by atoms with Crippen molar-refractivity contribution in [2.75, 3.05) is 19.0 Å². The van der Waals surface area contributed by atoms with Crippen molar-refractivity contribution in [2.24, 2.45) is 7.05 Å². The number of anilines is 1. The first-order valence-electron chi connectivity index (χ1n) is 7.73. The van der Waals surface area contributed by atoms with Gasteiger partial charge >= 0.3 is 0 Å². The molecule has 0 atom stereocenters. The molecule has 0 bridgehead atoms. The summed E-state index contributed by atoms with van der Waals surface area (Å²) in [5.41, 5.74) is 2.17. The fourth-order valence-electron chi connectivity index (χ4n) is 2.54. The second-order valence-corrected chi connectivity index (χ2v) is 5.44. The lowest BCUT2D eigenvalue weighted by molar-refractivity contribution is 0.178. The van der Waals surface area contributed by atoms with E-state index in [0.717, 1.165) is 36.2 Å². The van der Waals surface area contributed by atoms with Gasteiger partial charge in [-0.05, 0) is 18.4 Å². The van der Waals surface area contributed by atoms with Crippen molar-refractivity contribution >= 4 is 16.9 Å². The molecule has 0 aliphatic rings. The lowest BCUT2D eigenvalue weighted by Gasteiger charge is -2.09. The maximum Gasteiger partial charge on any atom is 0.163 e. The van der Waals surface area contributed by atoms with Gasteiger partial charge in [-0.2, -0.15) is 5.10 Å². The van der Waals surface area contributed by atoms with Crippen LogP contribution in [0.1, 0.15) is 17.8 Å². The lowest BCUT2D eigenvalue weighted by Crippen LogP contribution is -2.08. The van der Waals surface area contributed by atoms with Crippen LogP contribution < -0.4 is 5.32 Å².